The molecule has 1 amide bonds. The molecule has 1 aliphatic heterocycles. The minimum absolute atomic E-state index is 0.0491. The SMILES string of the molecule is Cc1ccc(C)c(CN[C@H]2C[C@@H](C(=O)NCCc3ccccc3F)N(CC(C)C)C2)c1. The van der Waals surface area contributed by atoms with E-state index in [2.05, 4.69) is 61.4 Å². The van der Waals surface area contributed by atoms with Crippen LogP contribution in [0.5, 0.6) is 0 Å². The van der Waals surface area contributed by atoms with E-state index in [0.29, 0.717) is 24.4 Å². The van der Waals surface area contributed by atoms with E-state index in [4.69, 9.17) is 0 Å². The van der Waals surface area contributed by atoms with Gasteiger partial charge in [-0.05, 0) is 55.4 Å². The van der Waals surface area contributed by atoms with E-state index in [0.717, 1.165) is 26.1 Å². The summed E-state index contributed by atoms with van der Waals surface area (Å²) in [6, 6.07) is 13.4. The van der Waals surface area contributed by atoms with Crippen LogP contribution in [0.25, 0.3) is 0 Å². The number of benzene rings is 2. The lowest BCUT2D eigenvalue weighted by Gasteiger charge is -2.25. The lowest BCUT2D eigenvalue weighted by molar-refractivity contribution is -0.125. The number of aryl methyl sites for hydroxylation is 2. The topological polar surface area (TPSA) is 44.4 Å². The number of hydrogen-bond donors (Lipinski definition) is 2. The van der Waals surface area contributed by atoms with Gasteiger partial charge in [0.25, 0.3) is 0 Å². The van der Waals surface area contributed by atoms with Crippen LogP contribution in [0.15, 0.2) is 42.5 Å². The summed E-state index contributed by atoms with van der Waals surface area (Å²) in [6.07, 6.45) is 1.30. The first-order chi connectivity index (χ1) is 14.8. The number of carbonyl (C=O) groups is 1. The molecule has 0 spiro atoms. The molecule has 1 saturated heterocycles. The van der Waals surface area contributed by atoms with Gasteiger partial charge in [0.1, 0.15) is 5.82 Å². The first-order valence-corrected chi connectivity index (χ1v) is 11.4. The summed E-state index contributed by atoms with van der Waals surface area (Å²) in [5.41, 5.74) is 4.51. The Labute approximate surface area is 186 Å². The maximum absolute atomic E-state index is 13.8. The molecular weight excluding hydrogens is 389 g/mol. The van der Waals surface area contributed by atoms with Gasteiger partial charge in [0.05, 0.1) is 6.04 Å². The van der Waals surface area contributed by atoms with Gasteiger partial charge in [-0.25, -0.2) is 4.39 Å². The summed E-state index contributed by atoms with van der Waals surface area (Å²) in [7, 11) is 0. The second-order valence-electron chi connectivity index (χ2n) is 9.24. The molecule has 2 N–H and O–H groups in total. The normalized spacial score (nSPS) is 19.2. The van der Waals surface area contributed by atoms with Crippen molar-refractivity contribution < 1.29 is 9.18 Å². The van der Waals surface area contributed by atoms with Gasteiger partial charge in [0.15, 0.2) is 0 Å². The van der Waals surface area contributed by atoms with Crippen LogP contribution >= 0.6 is 0 Å². The van der Waals surface area contributed by atoms with Crippen molar-refractivity contribution in [1.82, 2.24) is 15.5 Å². The van der Waals surface area contributed by atoms with Crippen LogP contribution in [0.3, 0.4) is 0 Å². The van der Waals surface area contributed by atoms with Crippen LogP contribution < -0.4 is 10.6 Å². The van der Waals surface area contributed by atoms with Gasteiger partial charge in [0.2, 0.25) is 5.91 Å². The summed E-state index contributed by atoms with van der Waals surface area (Å²) in [6.45, 7) is 11.7. The largest absolute Gasteiger partial charge is 0.354 e. The molecule has 5 heteroatoms. The first kappa shape index (κ1) is 23.4. The van der Waals surface area contributed by atoms with E-state index < -0.39 is 0 Å². The molecule has 1 fully saturated rings. The quantitative estimate of drug-likeness (QED) is 0.639. The Kier molecular flexibility index (Phi) is 8.22. The number of hydrogen-bond acceptors (Lipinski definition) is 3. The third kappa shape index (κ3) is 6.62. The Morgan fingerprint density at radius 1 is 1.16 bits per heavy atom. The zero-order valence-corrected chi connectivity index (χ0v) is 19.2. The minimum atomic E-state index is -0.213. The molecule has 1 heterocycles. The highest BCUT2D eigenvalue weighted by atomic mass is 19.1. The summed E-state index contributed by atoms with van der Waals surface area (Å²) in [4.78, 5) is 15.3. The third-order valence-corrected chi connectivity index (χ3v) is 6.04. The fraction of sp³-hybridized carbons (Fsp3) is 0.500. The molecule has 4 nitrogen and oxygen atoms in total. The Hall–Kier alpha value is -2.24. The number of halogens is 1. The first-order valence-electron chi connectivity index (χ1n) is 11.4. The summed E-state index contributed by atoms with van der Waals surface area (Å²) in [5.74, 6) is 0.328. The summed E-state index contributed by atoms with van der Waals surface area (Å²) >= 11 is 0. The van der Waals surface area contributed by atoms with E-state index >= 15 is 0 Å². The second-order valence-corrected chi connectivity index (χ2v) is 9.24. The van der Waals surface area contributed by atoms with Crippen molar-refractivity contribution in [3.8, 4) is 0 Å². The highest BCUT2D eigenvalue weighted by molar-refractivity contribution is 5.82. The fourth-order valence-corrected chi connectivity index (χ4v) is 4.38. The van der Waals surface area contributed by atoms with Gasteiger partial charge < -0.3 is 10.6 Å². The number of nitrogens with one attached hydrogen (secondary N) is 2. The molecule has 0 saturated carbocycles. The molecule has 0 aromatic heterocycles. The molecule has 0 aliphatic carbocycles. The van der Waals surface area contributed by atoms with Crippen molar-refractivity contribution in [2.75, 3.05) is 19.6 Å². The van der Waals surface area contributed by atoms with Crippen molar-refractivity contribution >= 4 is 5.91 Å². The highest BCUT2D eigenvalue weighted by Crippen LogP contribution is 2.21. The maximum atomic E-state index is 13.8. The molecule has 2 aromatic carbocycles. The van der Waals surface area contributed by atoms with Crippen molar-refractivity contribution in [1.29, 1.82) is 0 Å². The molecule has 2 atom stereocenters. The van der Waals surface area contributed by atoms with Gasteiger partial charge in [0, 0.05) is 32.2 Å². The van der Waals surface area contributed by atoms with Gasteiger partial charge in [-0.15, -0.1) is 0 Å². The zero-order chi connectivity index (χ0) is 22.4. The maximum Gasteiger partial charge on any atom is 0.237 e. The number of likely N-dealkylation sites (tertiary alicyclic amines) is 1. The van der Waals surface area contributed by atoms with Gasteiger partial charge in [-0.3, -0.25) is 9.69 Å². The van der Waals surface area contributed by atoms with E-state index in [1.54, 1.807) is 12.1 Å². The van der Waals surface area contributed by atoms with Gasteiger partial charge in [-0.2, -0.15) is 0 Å². The van der Waals surface area contributed by atoms with E-state index in [-0.39, 0.29) is 23.8 Å². The van der Waals surface area contributed by atoms with Crippen molar-refractivity contribution in [3.63, 3.8) is 0 Å². The van der Waals surface area contributed by atoms with Crippen LogP contribution in [0.1, 0.15) is 42.5 Å². The fourth-order valence-electron chi connectivity index (χ4n) is 4.38. The predicted molar refractivity (Wildman–Crippen MR) is 124 cm³/mol. The second kappa shape index (κ2) is 10.9. The predicted octanol–water partition coefficient (Wildman–Crippen LogP) is 3.99. The van der Waals surface area contributed by atoms with Crippen LogP contribution in [0.4, 0.5) is 4.39 Å². The van der Waals surface area contributed by atoms with Crippen molar-refractivity contribution in [2.24, 2.45) is 5.92 Å². The van der Waals surface area contributed by atoms with E-state index in [1.165, 1.54) is 22.8 Å². The van der Waals surface area contributed by atoms with Gasteiger partial charge >= 0.3 is 0 Å². The van der Waals surface area contributed by atoms with E-state index in [1.807, 2.05) is 6.07 Å². The molecule has 1 aliphatic rings. The average molecular weight is 426 g/mol. The summed E-state index contributed by atoms with van der Waals surface area (Å²) < 4.78 is 13.8. The Morgan fingerprint density at radius 2 is 1.94 bits per heavy atom. The third-order valence-electron chi connectivity index (χ3n) is 6.04. The molecule has 168 valence electrons. The van der Waals surface area contributed by atoms with Crippen molar-refractivity contribution in [3.05, 3.63) is 70.5 Å². The molecule has 0 unspecified atom stereocenters. The van der Waals surface area contributed by atoms with Crippen molar-refractivity contribution in [2.45, 2.75) is 59.2 Å². The molecule has 0 radical (unpaired) electrons. The number of rotatable bonds is 9. The number of nitrogens with zero attached hydrogens (tertiary/aromatic N) is 1. The monoisotopic (exact) mass is 425 g/mol. The number of carbonyl (C=O) groups excluding carboxylic acids is 1. The van der Waals surface area contributed by atoms with Crippen LogP contribution in [0, 0.1) is 25.6 Å². The Balaban J connectivity index is 1.56. The molecular formula is C26H36FN3O. The minimum Gasteiger partial charge on any atom is -0.354 e. The lowest BCUT2D eigenvalue weighted by atomic mass is 10.0. The molecule has 3 rings (SSSR count). The highest BCUT2D eigenvalue weighted by Gasteiger charge is 2.36. The average Bonchev–Trinajstić information content (AvgIpc) is 3.12. The smallest absolute Gasteiger partial charge is 0.237 e. The Morgan fingerprint density at radius 3 is 2.68 bits per heavy atom. The van der Waals surface area contributed by atoms with Crippen LogP contribution in [-0.4, -0.2) is 42.5 Å². The standard InChI is InChI=1S/C26H36FN3O/c1-18(2)16-30-17-23(29-15-22-13-19(3)9-10-20(22)4)14-25(30)26(31)28-12-11-21-7-5-6-8-24(21)27/h5-10,13,18,23,25,29H,11-12,14-17H2,1-4H3,(H,28,31)/t23-,25-/m0/s1. The summed E-state index contributed by atoms with van der Waals surface area (Å²) in [5, 5.41) is 6.71. The number of amides is 1. The molecule has 0 bridgehead atoms. The van der Waals surface area contributed by atoms with E-state index in [9.17, 15) is 9.18 Å². The van der Waals surface area contributed by atoms with Crippen LogP contribution in [0.2, 0.25) is 0 Å². The molecule has 31 heavy (non-hydrogen) atoms. The molecule has 2 aromatic rings. The lowest BCUT2D eigenvalue weighted by Crippen LogP contribution is -2.45. The Bertz CT molecular complexity index is 883. The zero-order valence-electron chi connectivity index (χ0n) is 19.2. The van der Waals surface area contributed by atoms with Gasteiger partial charge in [-0.1, -0.05) is 55.8 Å². The van der Waals surface area contributed by atoms with Crippen LogP contribution in [-0.2, 0) is 17.8 Å².